The summed E-state index contributed by atoms with van der Waals surface area (Å²) in [6.07, 6.45) is -0.453. The molecule has 2 fully saturated rings. The van der Waals surface area contributed by atoms with Gasteiger partial charge in [0.05, 0.1) is 13.2 Å². The van der Waals surface area contributed by atoms with Gasteiger partial charge in [0.25, 0.3) is 0 Å². The average Bonchev–Trinajstić information content (AvgIpc) is 3.16. The smallest absolute Gasteiger partial charge is 0.478 e. The van der Waals surface area contributed by atoms with E-state index in [9.17, 15) is 9.59 Å². The van der Waals surface area contributed by atoms with Gasteiger partial charge in [-0.2, -0.15) is 0 Å². The van der Waals surface area contributed by atoms with Gasteiger partial charge in [-0.15, -0.1) is 0 Å². The molecule has 0 aromatic heterocycles. The van der Waals surface area contributed by atoms with Crippen LogP contribution in [0.3, 0.4) is 0 Å². The van der Waals surface area contributed by atoms with Crippen LogP contribution in [-0.2, 0) is 23.7 Å². The van der Waals surface area contributed by atoms with Crippen molar-refractivity contribution in [3.63, 3.8) is 0 Å². The number of carboxylic acid groups (broad SMARTS) is 1. The van der Waals surface area contributed by atoms with Crippen molar-refractivity contribution >= 4 is 12.1 Å². The molecule has 18 heavy (non-hydrogen) atoms. The minimum atomic E-state index is -0.935. The zero-order chi connectivity index (χ0) is 13.5. The largest absolute Gasteiger partial charge is 0.508 e. The number of epoxide rings is 2. The summed E-state index contributed by atoms with van der Waals surface area (Å²) in [5, 5.41) is 7.89. The summed E-state index contributed by atoms with van der Waals surface area (Å²) in [7, 11) is 0. The van der Waals surface area contributed by atoms with Gasteiger partial charge in [0.15, 0.2) is 0 Å². The second kappa shape index (κ2) is 6.97. The van der Waals surface area contributed by atoms with Crippen molar-refractivity contribution in [3.05, 3.63) is 12.2 Å². The first kappa shape index (κ1) is 14.5. The molecule has 1 N–H and O–H groups in total. The fraction of sp³-hybridized carbons (Fsp3) is 0.636. The Balaban J connectivity index is 0.000000232. The summed E-state index contributed by atoms with van der Waals surface area (Å²) in [6, 6.07) is 0. The van der Waals surface area contributed by atoms with E-state index in [-0.39, 0.29) is 17.8 Å². The number of carbonyl (C=O) groups is 2. The zero-order valence-corrected chi connectivity index (χ0v) is 10.1. The molecule has 2 atom stereocenters. The van der Waals surface area contributed by atoms with Crippen LogP contribution in [-0.4, -0.2) is 55.9 Å². The molecular weight excluding hydrogens is 244 g/mol. The lowest BCUT2D eigenvalue weighted by Crippen LogP contribution is -2.14. The molecule has 0 aromatic rings. The summed E-state index contributed by atoms with van der Waals surface area (Å²) in [5.74, 6) is -0.935. The maximum absolute atomic E-state index is 10.8. The van der Waals surface area contributed by atoms with Crippen LogP contribution in [0.2, 0.25) is 0 Å². The van der Waals surface area contributed by atoms with Gasteiger partial charge in [-0.1, -0.05) is 6.58 Å². The summed E-state index contributed by atoms with van der Waals surface area (Å²) >= 11 is 0. The number of hydrogen-bond acceptors (Lipinski definition) is 6. The van der Waals surface area contributed by atoms with Gasteiger partial charge in [-0.25, -0.2) is 9.59 Å². The first-order valence-electron chi connectivity index (χ1n) is 5.40. The van der Waals surface area contributed by atoms with Crippen LogP contribution in [0.4, 0.5) is 4.79 Å². The molecule has 2 rings (SSSR count). The van der Waals surface area contributed by atoms with Crippen LogP contribution in [0.1, 0.15) is 6.92 Å². The highest BCUT2D eigenvalue weighted by molar-refractivity contribution is 5.84. The van der Waals surface area contributed by atoms with Crippen molar-refractivity contribution in [2.45, 2.75) is 19.1 Å². The van der Waals surface area contributed by atoms with E-state index in [0.717, 1.165) is 0 Å². The van der Waals surface area contributed by atoms with Crippen molar-refractivity contribution in [2.24, 2.45) is 0 Å². The predicted octanol–water partition coefficient (Wildman–Crippen LogP) is 0.584. The molecule has 0 aliphatic carbocycles. The first-order valence-corrected chi connectivity index (χ1v) is 5.40. The summed E-state index contributed by atoms with van der Waals surface area (Å²) in [5.41, 5.74) is 0.176. The predicted molar refractivity (Wildman–Crippen MR) is 59.2 cm³/mol. The molecule has 0 spiro atoms. The molecule has 7 heteroatoms. The number of hydrogen-bond donors (Lipinski definition) is 1. The van der Waals surface area contributed by atoms with E-state index in [1.807, 2.05) is 0 Å². The van der Waals surface area contributed by atoms with Gasteiger partial charge in [0, 0.05) is 5.57 Å². The highest BCUT2D eigenvalue weighted by Gasteiger charge is 2.27. The Bertz CT molecular complexity index is 287. The van der Waals surface area contributed by atoms with Crippen LogP contribution in [0.15, 0.2) is 12.2 Å². The molecule has 102 valence electrons. The third-order valence-corrected chi connectivity index (χ3v) is 1.94. The van der Waals surface area contributed by atoms with Crippen LogP contribution in [0.5, 0.6) is 0 Å². The van der Waals surface area contributed by atoms with E-state index in [1.165, 1.54) is 6.92 Å². The molecule has 2 aliphatic heterocycles. The van der Waals surface area contributed by atoms with Crippen LogP contribution in [0, 0.1) is 0 Å². The highest BCUT2D eigenvalue weighted by Crippen LogP contribution is 2.11. The lowest BCUT2D eigenvalue weighted by Gasteiger charge is -2.02. The molecule has 0 saturated carbocycles. The van der Waals surface area contributed by atoms with E-state index >= 15 is 0 Å². The molecule has 0 radical (unpaired) electrons. The highest BCUT2D eigenvalue weighted by atomic mass is 16.7. The quantitative estimate of drug-likeness (QED) is 0.438. The fourth-order valence-corrected chi connectivity index (χ4v) is 0.692. The molecule has 0 bridgehead atoms. The number of carbonyl (C=O) groups excluding carboxylic acids is 1. The Hall–Kier alpha value is -1.60. The van der Waals surface area contributed by atoms with E-state index < -0.39 is 12.1 Å². The summed E-state index contributed by atoms with van der Waals surface area (Å²) in [4.78, 5) is 20.4. The van der Waals surface area contributed by atoms with Crippen molar-refractivity contribution < 1.29 is 33.6 Å². The van der Waals surface area contributed by atoms with Gasteiger partial charge in [-0.05, 0) is 6.92 Å². The van der Waals surface area contributed by atoms with E-state index in [0.29, 0.717) is 26.4 Å². The number of carboxylic acids is 1. The SMILES string of the molecule is C=C(C)C(=O)O.O=C(OCC1CO1)OCC1CO1. The molecule has 7 nitrogen and oxygen atoms in total. The van der Waals surface area contributed by atoms with Crippen molar-refractivity contribution in [3.8, 4) is 0 Å². The maximum atomic E-state index is 10.8. The molecule has 0 aromatic carbocycles. The van der Waals surface area contributed by atoms with Gasteiger partial charge in [0.2, 0.25) is 0 Å². The maximum Gasteiger partial charge on any atom is 0.508 e. The number of ether oxygens (including phenoxy) is 4. The molecule has 2 saturated heterocycles. The third kappa shape index (κ3) is 7.64. The van der Waals surface area contributed by atoms with Crippen molar-refractivity contribution in [1.82, 2.24) is 0 Å². The van der Waals surface area contributed by atoms with Crippen LogP contribution < -0.4 is 0 Å². The molecular formula is C11H16O7. The van der Waals surface area contributed by atoms with Crippen LogP contribution in [0.25, 0.3) is 0 Å². The molecule has 0 amide bonds. The fourth-order valence-electron chi connectivity index (χ4n) is 0.692. The Morgan fingerprint density at radius 2 is 1.56 bits per heavy atom. The van der Waals surface area contributed by atoms with Gasteiger partial charge < -0.3 is 24.1 Å². The minimum Gasteiger partial charge on any atom is -0.478 e. The van der Waals surface area contributed by atoms with E-state index in [2.05, 4.69) is 6.58 Å². The second-order valence-electron chi connectivity index (χ2n) is 3.87. The van der Waals surface area contributed by atoms with Crippen LogP contribution >= 0.6 is 0 Å². The lowest BCUT2D eigenvalue weighted by molar-refractivity contribution is -0.132. The van der Waals surface area contributed by atoms with Crippen molar-refractivity contribution in [2.75, 3.05) is 26.4 Å². The van der Waals surface area contributed by atoms with Crippen molar-refractivity contribution in [1.29, 1.82) is 0 Å². The monoisotopic (exact) mass is 260 g/mol. The Kier molecular flexibility index (Phi) is 5.60. The normalized spacial score (nSPS) is 23.2. The topological polar surface area (TPSA) is 97.9 Å². The number of rotatable bonds is 5. The van der Waals surface area contributed by atoms with Gasteiger partial charge in [-0.3, -0.25) is 0 Å². The average molecular weight is 260 g/mol. The van der Waals surface area contributed by atoms with Gasteiger partial charge >= 0.3 is 12.1 Å². The molecule has 2 aliphatic rings. The summed E-state index contributed by atoms with van der Waals surface area (Å²) in [6.45, 7) is 6.55. The van der Waals surface area contributed by atoms with Gasteiger partial charge in [0.1, 0.15) is 25.4 Å². The standard InChI is InChI=1S/C7H10O5.C4H6O2/c8-7(11-3-5-1-9-5)12-4-6-2-10-6;1-3(2)4(5)6/h5-6H,1-4H2;1H2,2H3,(H,5,6). The Morgan fingerprint density at radius 3 is 1.78 bits per heavy atom. The summed E-state index contributed by atoms with van der Waals surface area (Å²) < 4.78 is 19.1. The Morgan fingerprint density at radius 1 is 1.22 bits per heavy atom. The first-order chi connectivity index (χ1) is 8.49. The minimum absolute atomic E-state index is 0.0923. The number of aliphatic carboxylic acids is 1. The van der Waals surface area contributed by atoms with E-state index in [1.54, 1.807) is 0 Å². The van der Waals surface area contributed by atoms with E-state index in [4.69, 9.17) is 24.1 Å². The lowest BCUT2D eigenvalue weighted by atomic mass is 10.4. The second-order valence-corrected chi connectivity index (χ2v) is 3.87. The molecule has 2 heterocycles. The zero-order valence-electron chi connectivity index (χ0n) is 10.1. The Labute approximate surface area is 104 Å². The molecule has 2 unspecified atom stereocenters. The third-order valence-electron chi connectivity index (χ3n) is 1.94.